The molecular weight excluding hydrogens is 254 g/mol. The molecule has 0 spiro atoms. The highest BCUT2D eigenvalue weighted by molar-refractivity contribution is 5.78. The number of benzene rings is 1. The molecule has 2 aromatic rings. The molecule has 5 nitrogen and oxygen atoms in total. The van der Waals surface area contributed by atoms with Gasteiger partial charge in [-0.2, -0.15) is 0 Å². The van der Waals surface area contributed by atoms with Crippen molar-refractivity contribution in [2.45, 2.75) is 31.8 Å². The number of ether oxygens (including phenoxy) is 2. The lowest BCUT2D eigenvalue weighted by Gasteiger charge is -2.24. The first kappa shape index (κ1) is 13.4. The Labute approximate surface area is 118 Å². The van der Waals surface area contributed by atoms with Gasteiger partial charge in [-0.15, -0.1) is 0 Å². The van der Waals surface area contributed by atoms with Crippen molar-refractivity contribution >= 4 is 11.0 Å². The Hall–Kier alpha value is -1.59. The summed E-state index contributed by atoms with van der Waals surface area (Å²) in [6.45, 7) is 5.52. The van der Waals surface area contributed by atoms with Crippen LogP contribution in [0.25, 0.3) is 11.0 Å². The molecule has 1 aromatic carbocycles. The number of hydrogen-bond acceptors (Lipinski definition) is 4. The number of hydrogen-bond donors (Lipinski definition) is 1. The van der Waals surface area contributed by atoms with Crippen LogP contribution in [0.1, 0.15) is 32.1 Å². The summed E-state index contributed by atoms with van der Waals surface area (Å²) in [5.74, 6) is 1.72. The maximum Gasteiger partial charge on any atom is 0.132 e. The summed E-state index contributed by atoms with van der Waals surface area (Å²) in [5.41, 5.74) is 8.04. The zero-order valence-electron chi connectivity index (χ0n) is 12.2. The molecule has 1 aromatic heterocycles. The molecule has 0 bridgehead atoms. The van der Waals surface area contributed by atoms with Gasteiger partial charge >= 0.3 is 0 Å². The van der Waals surface area contributed by atoms with Gasteiger partial charge in [-0.3, -0.25) is 0 Å². The normalized spacial score (nSPS) is 22.9. The van der Waals surface area contributed by atoms with Crippen LogP contribution < -0.4 is 10.5 Å². The first-order valence-electron chi connectivity index (χ1n) is 6.98. The number of rotatable bonds is 3. The zero-order valence-corrected chi connectivity index (χ0v) is 12.2. The largest absolute Gasteiger partial charge is 0.497 e. The summed E-state index contributed by atoms with van der Waals surface area (Å²) in [6.07, 6.45) is 0.806. The average molecular weight is 275 g/mol. The number of imidazole rings is 1. The summed E-state index contributed by atoms with van der Waals surface area (Å²) in [6, 6.07) is 6.26. The van der Waals surface area contributed by atoms with Gasteiger partial charge in [0.15, 0.2) is 0 Å². The van der Waals surface area contributed by atoms with Gasteiger partial charge in [0.05, 0.1) is 24.8 Å². The molecule has 1 unspecified atom stereocenters. The molecule has 0 saturated carbocycles. The van der Waals surface area contributed by atoms with Gasteiger partial charge in [-0.1, -0.05) is 0 Å². The molecule has 108 valence electrons. The van der Waals surface area contributed by atoms with Crippen LogP contribution in [0.5, 0.6) is 5.75 Å². The lowest BCUT2D eigenvalue weighted by Crippen LogP contribution is -2.40. The molecule has 0 aliphatic carbocycles. The number of methoxy groups -OCH3 is 1. The Morgan fingerprint density at radius 3 is 2.85 bits per heavy atom. The first-order chi connectivity index (χ1) is 9.55. The van der Waals surface area contributed by atoms with Crippen LogP contribution in [0.2, 0.25) is 0 Å². The molecule has 1 atom stereocenters. The van der Waals surface area contributed by atoms with E-state index in [9.17, 15) is 0 Å². The molecular formula is C15H21N3O2. The van der Waals surface area contributed by atoms with E-state index in [4.69, 9.17) is 20.2 Å². The third-order valence-electron chi connectivity index (χ3n) is 3.91. The van der Waals surface area contributed by atoms with E-state index >= 15 is 0 Å². The number of fused-ring (bicyclic) bond motifs is 1. The molecule has 1 saturated heterocycles. The van der Waals surface area contributed by atoms with Crippen LogP contribution in [0.3, 0.4) is 0 Å². The van der Waals surface area contributed by atoms with Gasteiger partial charge in [0, 0.05) is 18.7 Å². The van der Waals surface area contributed by atoms with E-state index in [-0.39, 0.29) is 0 Å². The quantitative estimate of drug-likeness (QED) is 0.932. The van der Waals surface area contributed by atoms with Crippen molar-refractivity contribution in [1.29, 1.82) is 0 Å². The fourth-order valence-corrected chi connectivity index (χ4v) is 2.84. The molecule has 0 amide bonds. The molecule has 2 N–H and O–H groups in total. The van der Waals surface area contributed by atoms with Crippen LogP contribution in [-0.4, -0.2) is 29.9 Å². The fourth-order valence-electron chi connectivity index (χ4n) is 2.84. The maximum atomic E-state index is 6.51. The minimum Gasteiger partial charge on any atom is -0.497 e. The van der Waals surface area contributed by atoms with Crippen LogP contribution in [0.15, 0.2) is 18.2 Å². The van der Waals surface area contributed by atoms with E-state index in [1.165, 1.54) is 0 Å². The first-order valence-corrected chi connectivity index (χ1v) is 6.98. The molecule has 0 radical (unpaired) electrons. The van der Waals surface area contributed by atoms with Crippen LogP contribution in [0.4, 0.5) is 0 Å². The fraction of sp³-hybridized carbons (Fsp3) is 0.533. The summed E-state index contributed by atoms with van der Waals surface area (Å²) >= 11 is 0. The minimum atomic E-state index is -0.490. The van der Waals surface area contributed by atoms with Crippen molar-refractivity contribution in [3.63, 3.8) is 0 Å². The van der Waals surface area contributed by atoms with E-state index in [1.807, 2.05) is 18.2 Å². The molecule has 1 aliphatic heterocycles. The number of nitrogens with zero attached hydrogens (tertiary/aromatic N) is 2. The van der Waals surface area contributed by atoms with Gasteiger partial charge in [0.1, 0.15) is 17.1 Å². The highest BCUT2D eigenvalue weighted by Gasteiger charge is 2.37. The SMILES string of the molecule is COc1ccc2c(c1)nc(C1(N)CCOC1)n2C(C)C. The summed E-state index contributed by atoms with van der Waals surface area (Å²) in [4.78, 5) is 4.77. The van der Waals surface area contributed by atoms with E-state index in [0.717, 1.165) is 29.0 Å². The van der Waals surface area contributed by atoms with E-state index in [1.54, 1.807) is 7.11 Å². The molecule has 1 fully saturated rings. The van der Waals surface area contributed by atoms with Gasteiger partial charge in [-0.25, -0.2) is 4.98 Å². The van der Waals surface area contributed by atoms with Gasteiger partial charge < -0.3 is 19.8 Å². The third-order valence-corrected chi connectivity index (χ3v) is 3.91. The number of nitrogens with two attached hydrogens (primary N) is 1. The van der Waals surface area contributed by atoms with Crippen molar-refractivity contribution in [1.82, 2.24) is 9.55 Å². The third kappa shape index (κ3) is 1.98. The Kier molecular flexibility index (Phi) is 3.18. The second-order valence-corrected chi connectivity index (χ2v) is 5.71. The van der Waals surface area contributed by atoms with Crippen molar-refractivity contribution in [2.24, 2.45) is 5.73 Å². The lowest BCUT2D eigenvalue weighted by atomic mass is 9.99. The van der Waals surface area contributed by atoms with Gasteiger partial charge in [0.2, 0.25) is 0 Å². The summed E-state index contributed by atoms with van der Waals surface area (Å²) < 4.78 is 13.0. The summed E-state index contributed by atoms with van der Waals surface area (Å²) in [7, 11) is 1.66. The zero-order chi connectivity index (χ0) is 14.3. The van der Waals surface area contributed by atoms with Gasteiger partial charge in [-0.05, 0) is 32.4 Å². The average Bonchev–Trinajstić information content (AvgIpc) is 3.02. The van der Waals surface area contributed by atoms with Crippen LogP contribution in [-0.2, 0) is 10.3 Å². The maximum absolute atomic E-state index is 6.51. The Morgan fingerprint density at radius 1 is 1.45 bits per heavy atom. The van der Waals surface area contributed by atoms with E-state index in [0.29, 0.717) is 19.3 Å². The highest BCUT2D eigenvalue weighted by Crippen LogP contribution is 2.33. The van der Waals surface area contributed by atoms with Crippen molar-refractivity contribution in [2.75, 3.05) is 20.3 Å². The van der Waals surface area contributed by atoms with E-state index in [2.05, 4.69) is 18.4 Å². The van der Waals surface area contributed by atoms with Crippen molar-refractivity contribution in [3.8, 4) is 5.75 Å². The molecule has 5 heteroatoms. The lowest BCUT2D eigenvalue weighted by molar-refractivity contribution is 0.175. The standard InChI is InChI=1S/C15H21N3O2/c1-10(2)18-13-5-4-11(19-3)8-12(13)17-14(18)15(16)6-7-20-9-15/h4-5,8,10H,6-7,9,16H2,1-3H3. The van der Waals surface area contributed by atoms with Crippen LogP contribution in [0, 0.1) is 0 Å². The predicted octanol–water partition coefficient (Wildman–Crippen LogP) is 2.20. The van der Waals surface area contributed by atoms with E-state index < -0.39 is 5.54 Å². The Bertz CT molecular complexity index is 627. The molecule has 20 heavy (non-hydrogen) atoms. The van der Waals surface area contributed by atoms with Crippen molar-refractivity contribution in [3.05, 3.63) is 24.0 Å². The summed E-state index contributed by atoms with van der Waals surface area (Å²) in [5, 5.41) is 0. The second-order valence-electron chi connectivity index (χ2n) is 5.71. The van der Waals surface area contributed by atoms with Crippen LogP contribution >= 0.6 is 0 Å². The topological polar surface area (TPSA) is 62.3 Å². The van der Waals surface area contributed by atoms with Gasteiger partial charge in [0.25, 0.3) is 0 Å². The Morgan fingerprint density at radius 2 is 2.25 bits per heavy atom. The van der Waals surface area contributed by atoms with Crippen molar-refractivity contribution < 1.29 is 9.47 Å². The molecule has 3 rings (SSSR count). The number of aromatic nitrogens is 2. The highest BCUT2D eigenvalue weighted by atomic mass is 16.5. The minimum absolute atomic E-state index is 0.296. The predicted molar refractivity (Wildman–Crippen MR) is 78.0 cm³/mol. The monoisotopic (exact) mass is 275 g/mol. The smallest absolute Gasteiger partial charge is 0.132 e. The molecule has 2 heterocycles. The second kappa shape index (κ2) is 4.75. The molecule has 1 aliphatic rings. The Balaban J connectivity index is 2.22.